The smallest absolute Gasteiger partial charge is 1.00 e. The topological polar surface area (TPSA) is 23.1 Å². The Balaban J connectivity index is 0. The molecule has 0 bridgehead atoms. The first-order valence-electron chi connectivity index (χ1n) is 4.97. The van der Waals surface area contributed by atoms with Gasteiger partial charge in [0.1, 0.15) is 0 Å². The second kappa shape index (κ2) is 8.33. The molecule has 0 aliphatic heterocycles. The zero-order chi connectivity index (χ0) is 8.16. The monoisotopic (exact) mass is 214 g/mol. The fourth-order valence-electron chi connectivity index (χ4n) is 1.97. The van der Waals surface area contributed by atoms with E-state index in [1.54, 1.807) is 0 Å². The van der Waals surface area contributed by atoms with Crippen LogP contribution in [0.2, 0.25) is 0 Å². The van der Waals surface area contributed by atoms with Gasteiger partial charge in [-0.3, -0.25) is 0 Å². The molecule has 74 valence electrons. The molecule has 0 atom stereocenters. The van der Waals surface area contributed by atoms with Gasteiger partial charge in [-0.2, -0.15) is 0 Å². The van der Waals surface area contributed by atoms with Gasteiger partial charge in [-0.15, -0.1) is 5.60 Å². The van der Waals surface area contributed by atoms with Crippen LogP contribution in [0.5, 0.6) is 0 Å². The number of hydrogen-bond acceptors (Lipinski definition) is 1. The fraction of sp³-hybridized carbons (Fsp3) is 1.00. The molecule has 0 aromatic heterocycles. The fourth-order valence-corrected chi connectivity index (χ4v) is 1.97. The minimum absolute atomic E-state index is 0. The standard InChI is InChI=1S/C10H19O.ClH.Mg/c1-2-3-4-7-10(11)8-5-6-9-10;;/h2-9H2,1H3;1H;/q-1;;+2/p-1. The molecule has 1 nitrogen and oxygen atoms in total. The minimum atomic E-state index is -0.505. The zero-order valence-corrected chi connectivity index (χ0v) is 10.8. The van der Waals surface area contributed by atoms with Crippen LogP contribution in [-0.2, 0) is 0 Å². The molecule has 0 unspecified atom stereocenters. The predicted octanol–water partition coefficient (Wildman–Crippen LogP) is -1.14. The maximum atomic E-state index is 11.8. The Bertz CT molecular complexity index is 113. The van der Waals surface area contributed by atoms with E-state index < -0.39 is 5.60 Å². The Morgan fingerprint density at radius 2 is 1.69 bits per heavy atom. The molecule has 0 N–H and O–H groups in total. The van der Waals surface area contributed by atoms with Gasteiger partial charge in [0, 0.05) is 0 Å². The maximum Gasteiger partial charge on any atom is 2.00 e. The summed E-state index contributed by atoms with van der Waals surface area (Å²) in [6, 6.07) is 0. The van der Waals surface area contributed by atoms with Crippen LogP contribution in [0.1, 0.15) is 58.3 Å². The first-order chi connectivity index (χ1) is 5.27. The Hall–Kier alpha value is 1.02. The molecule has 0 aromatic rings. The van der Waals surface area contributed by atoms with Gasteiger partial charge in [-0.1, -0.05) is 58.3 Å². The molecular formula is C10H19ClMgO. The SMILES string of the molecule is CCCCCC1([O-])CCCC1.[Cl-].[Mg+2]. The molecule has 1 saturated carbocycles. The van der Waals surface area contributed by atoms with Crippen LogP contribution in [0.15, 0.2) is 0 Å². The van der Waals surface area contributed by atoms with Crippen molar-refractivity contribution in [3.63, 3.8) is 0 Å². The molecule has 0 amide bonds. The molecule has 0 spiro atoms. The number of unbranched alkanes of at least 4 members (excludes halogenated alkanes) is 2. The molecule has 0 heterocycles. The van der Waals surface area contributed by atoms with Gasteiger partial charge in [0.25, 0.3) is 0 Å². The third-order valence-electron chi connectivity index (χ3n) is 2.75. The molecule has 0 saturated heterocycles. The summed E-state index contributed by atoms with van der Waals surface area (Å²) in [4.78, 5) is 0. The Kier molecular flexibility index (Phi) is 10.5. The van der Waals surface area contributed by atoms with Crippen molar-refractivity contribution in [3.8, 4) is 0 Å². The van der Waals surface area contributed by atoms with Crippen molar-refractivity contribution < 1.29 is 17.5 Å². The molecule has 0 radical (unpaired) electrons. The molecule has 3 heteroatoms. The maximum absolute atomic E-state index is 11.8. The first-order valence-corrected chi connectivity index (χ1v) is 4.97. The van der Waals surface area contributed by atoms with Crippen LogP contribution in [0, 0.1) is 0 Å². The van der Waals surface area contributed by atoms with Gasteiger partial charge in [0.2, 0.25) is 0 Å². The summed E-state index contributed by atoms with van der Waals surface area (Å²) in [5, 5.41) is 11.8. The summed E-state index contributed by atoms with van der Waals surface area (Å²) in [6.45, 7) is 2.19. The largest absolute Gasteiger partial charge is 2.00 e. The van der Waals surface area contributed by atoms with Crippen LogP contribution in [0.25, 0.3) is 0 Å². The zero-order valence-electron chi connectivity index (χ0n) is 8.65. The van der Waals surface area contributed by atoms with E-state index >= 15 is 0 Å². The number of halogens is 1. The van der Waals surface area contributed by atoms with Crippen LogP contribution < -0.4 is 17.5 Å². The van der Waals surface area contributed by atoms with E-state index in [0.29, 0.717) is 0 Å². The van der Waals surface area contributed by atoms with Gasteiger partial charge in [0.05, 0.1) is 0 Å². The van der Waals surface area contributed by atoms with E-state index in [4.69, 9.17) is 0 Å². The average Bonchev–Trinajstić information content (AvgIpc) is 2.38. The van der Waals surface area contributed by atoms with Gasteiger partial charge in [-0.05, 0) is 0 Å². The van der Waals surface area contributed by atoms with Crippen molar-refractivity contribution in [1.29, 1.82) is 0 Å². The summed E-state index contributed by atoms with van der Waals surface area (Å²) in [5.74, 6) is 0. The van der Waals surface area contributed by atoms with Crippen LogP contribution in [0.3, 0.4) is 0 Å². The van der Waals surface area contributed by atoms with Crippen LogP contribution >= 0.6 is 0 Å². The second-order valence-corrected chi connectivity index (χ2v) is 3.85. The van der Waals surface area contributed by atoms with E-state index in [1.807, 2.05) is 0 Å². The van der Waals surface area contributed by atoms with Gasteiger partial charge in [0.15, 0.2) is 0 Å². The third-order valence-corrected chi connectivity index (χ3v) is 2.75. The molecule has 1 aliphatic rings. The summed E-state index contributed by atoms with van der Waals surface area (Å²) in [5.41, 5.74) is -0.505. The van der Waals surface area contributed by atoms with Crippen molar-refractivity contribution in [2.75, 3.05) is 0 Å². The van der Waals surface area contributed by atoms with Crippen molar-refractivity contribution in [2.24, 2.45) is 0 Å². The third kappa shape index (κ3) is 6.16. The van der Waals surface area contributed by atoms with Crippen molar-refractivity contribution >= 4 is 23.1 Å². The van der Waals surface area contributed by atoms with E-state index in [9.17, 15) is 5.11 Å². The van der Waals surface area contributed by atoms with Crippen molar-refractivity contribution in [2.45, 2.75) is 63.9 Å². The van der Waals surface area contributed by atoms with Crippen LogP contribution in [-0.4, -0.2) is 28.7 Å². The number of rotatable bonds is 4. The van der Waals surface area contributed by atoms with Crippen molar-refractivity contribution in [3.05, 3.63) is 0 Å². The average molecular weight is 215 g/mol. The summed E-state index contributed by atoms with van der Waals surface area (Å²) < 4.78 is 0. The first kappa shape index (κ1) is 16.4. The van der Waals surface area contributed by atoms with E-state index in [0.717, 1.165) is 25.7 Å². The van der Waals surface area contributed by atoms with E-state index in [2.05, 4.69) is 6.92 Å². The van der Waals surface area contributed by atoms with Gasteiger partial charge < -0.3 is 17.5 Å². The van der Waals surface area contributed by atoms with Gasteiger partial charge >= 0.3 is 23.1 Å². The quantitative estimate of drug-likeness (QED) is 0.429. The Labute approximate surface area is 104 Å². The Morgan fingerprint density at radius 1 is 1.15 bits per heavy atom. The van der Waals surface area contributed by atoms with Crippen LogP contribution in [0.4, 0.5) is 0 Å². The molecule has 0 aromatic carbocycles. The summed E-state index contributed by atoms with van der Waals surface area (Å²) in [7, 11) is 0. The van der Waals surface area contributed by atoms with E-state index in [-0.39, 0.29) is 35.5 Å². The normalized spacial score (nSPS) is 18.9. The second-order valence-electron chi connectivity index (χ2n) is 3.85. The molecule has 1 aliphatic carbocycles. The van der Waals surface area contributed by atoms with Crippen molar-refractivity contribution in [1.82, 2.24) is 0 Å². The van der Waals surface area contributed by atoms with E-state index in [1.165, 1.54) is 25.7 Å². The molecule has 13 heavy (non-hydrogen) atoms. The molecule has 1 fully saturated rings. The Morgan fingerprint density at radius 3 is 2.15 bits per heavy atom. The molecular weight excluding hydrogens is 196 g/mol. The summed E-state index contributed by atoms with van der Waals surface area (Å²) >= 11 is 0. The summed E-state index contributed by atoms with van der Waals surface area (Å²) in [6.07, 6.45) is 8.79. The number of hydrogen-bond donors (Lipinski definition) is 0. The molecule has 1 rings (SSSR count). The predicted molar refractivity (Wildman–Crippen MR) is 51.1 cm³/mol. The van der Waals surface area contributed by atoms with Gasteiger partial charge in [-0.25, -0.2) is 0 Å². The minimum Gasteiger partial charge on any atom is -1.00 e.